The van der Waals surface area contributed by atoms with E-state index in [-0.39, 0.29) is 5.69 Å². The molecule has 0 aliphatic carbocycles. The minimum Gasteiger partial charge on any atom is -0.473 e. The van der Waals surface area contributed by atoms with Gasteiger partial charge >= 0.3 is 5.69 Å². The van der Waals surface area contributed by atoms with Crippen molar-refractivity contribution in [2.24, 2.45) is 5.92 Å². The van der Waals surface area contributed by atoms with Gasteiger partial charge in [0.05, 0.1) is 11.5 Å². The highest BCUT2D eigenvalue weighted by Gasteiger charge is 2.27. The summed E-state index contributed by atoms with van der Waals surface area (Å²) in [6, 6.07) is 0. The van der Waals surface area contributed by atoms with Crippen molar-refractivity contribution in [3.8, 4) is 5.88 Å². The Morgan fingerprint density at radius 1 is 1.57 bits per heavy atom. The van der Waals surface area contributed by atoms with Crippen molar-refractivity contribution in [2.45, 2.75) is 46.1 Å². The highest BCUT2D eigenvalue weighted by molar-refractivity contribution is 5.45. The number of rotatable bonds is 7. The van der Waals surface area contributed by atoms with Crippen LogP contribution >= 0.6 is 0 Å². The van der Waals surface area contributed by atoms with Gasteiger partial charge < -0.3 is 10.1 Å². The topological polar surface area (TPSA) is 82.2 Å². The third kappa shape index (κ3) is 3.93. The molecule has 1 aromatic rings. The molecule has 7 nitrogen and oxygen atoms in total. The van der Waals surface area contributed by atoms with Gasteiger partial charge in [-0.05, 0) is 51.6 Å². The van der Waals surface area contributed by atoms with E-state index in [1.54, 1.807) is 11.6 Å². The third-order valence-corrected chi connectivity index (χ3v) is 3.83. The molecule has 1 fully saturated rings. The van der Waals surface area contributed by atoms with Crippen molar-refractivity contribution in [1.29, 1.82) is 0 Å². The maximum absolute atomic E-state index is 11.2. The Morgan fingerprint density at radius 2 is 2.38 bits per heavy atom. The van der Waals surface area contributed by atoms with Crippen molar-refractivity contribution in [3.05, 3.63) is 15.8 Å². The summed E-state index contributed by atoms with van der Waals surface area (Å²) in [6.07, 6.45) is 4.17. The fourth-order valence-electron chi connectivity index (χ4n) is 2.76. The van der Waals surface area contributed by atoms with Crippen LogP contribution in [0.15, 0.2) is 0 Å². The van der Waals surface area contributed by atoms with Crippen molar-refractivity contribution in [1.82, 2.24) is 15.1 Å². The highest BCUT2D eigenvalue weighted by Crippen LogP contribution is 2.31. The lowest BCUT2D eigenvalue weighted by Gasteiger charge is -2.22. The SMILES string of the molecule is CCCn1nc(C)c([N+](=O)[O-])c1OCCC1CCCNC1. The molecule has 0 amide bonds. The summed E-state index contributed by atoms with van der Waals surface area (Å²) in [7, 11) is 0. The Morgan fingerprint density at radius 3 is 3.00 bits per heavy atom. The van der Waals surface area contributed by atoms with Gasteiger partial charge in [0.25, 0.3) is 5.88 Å². The molecule has 21 heavy (non-hydrogen) atoms. The van der Waals surface area contributed by atoms with E-state index in [0.717, 1.165) is 25.9 Å². The van der Waals surface area contributed by atoms with Crippen LogP contribution in [-0.2, 0) is 6.54 Å². The molecule has 0 saturated carbocycles. The van der Waals surface area contributed by atoms with Gasteiger partial charge in [0, 0.05) is 6.54 Å². The first kappa shape index (κ1) is 15.8. The molecule has 2 heterocycles. The minimum absolute atomic E-state index is 0.00483. The fourth-order valence-corrected chi connectivity index (χ4v) is 2.76. The van der Waals surface area contributed by atoms with Gasteiger partial charge in [0.15, 0.2) is 0 Å². The molecule has 0 radical (unpaired) electrons. The standard InChI is InChI=1S/C14H24N4O3/c1-3-8-17-14(13(18(19)20)11(2)16-17)21-9-6-12-5-4-7-15-10-12/h12,15H,3-10H2,1-2H3. The second-order valence-corrected chi connectivity index (χ2v) is 5.57. The van der Waals surface area contributed by atoms with Gasteiger partial charge in [-0.25, -0.2) is 4.68 Å². The molecule has 0 bridgehead atoms. The first-order valence-electron chi connectivity index (χ1n) is 7.68. The second-order valence-electron chi connectivity index (χ2n) is 5.57. The Bertz CT molecular complexity index is 481. The van der Waals surface area contributed by atoms with Crippen molar-refractivity contribution >= 4 is 5.69 Å². The van der Waals surface area contributed by atoms with Gasteiger partial charge in [0.2, 0.25) is 0 Å². The summed E-state index contributed by atoms with van der Waals surface area (Å²) < 4.78 is 7.35. The van der Waals surface area contributed by atoms with Crippen LogP contribution in [0.5, 0.6) is 5.88 Å². The molecule has 2 rings (SSSR count). The largest absolute Gasteiger partial charge is 0.473 e. The lowest BCUT2D eigenvalue weighted by Crippen LogP contribution is -2.30. The zero-order valence-electron chi connectivity index (χ0n) is 12.8. The molecule has 1 unspecified atom stereocenters. The van der Waals surface area contributed by atoms with E-state index in [1.807, 2.05) is 6.92 Å². The van der Waals surface area contributed by atoms with Crippen LogP contribution in [0, 0.1) is 23.0 Å². The molecule has 1 aromatic heterocycles. The number of hydrogen-bond donors (Lipinski definition) is 1. The van der Waals surface area contributed by atoms with Crippen molar-refractivity contribution in [3.63, 3.8) is 0 Å². The maximum Gasteiger partial charge on any atom is 0.353 e. The van der Waals surface area contributed by atoms with Crippen LogP contribution < -0.4 is 10.1 Å². The number of piperidine rings is 1. The maximum atomic E-state index is 11.2. The number of ether oxygens (including phenoxy) is 1. The average molecular weight is 296 g/mol. The molecule has 1 N–H and O–H groups in total. The van der Waals surface area contributed by atoms with Gasteiger partial charge in [-0.3, -0.25) is 10.1 Å². The first-order chi connectivity index (χ1) is 10.1. The number of hydrogen-bond acceptors (Lipinski definition) is 5. The van der Waals surface area contributed by atoms with Gasteiger partial charge in [-0.15, -0.1) is 0 Å². The number of aromatic nitrogens is 2. The quantitative estimate of drug-likeness (QED) is 0.616. The Labute approximate surface area is 124 Å². The normalized spacial score (nSPS) is 18.7. The average Bonchev–Trinajstić information content (AvgIpc) is 2.76. The van der Waals surface area contributed by atoms with Crippen LogP contribution in [-0.4, -0.2) is 34.4 Å². The predicted molar refractivity (Wildman–Crippen MR) is 79.6 cm³/mol. The van der Waals surface area contributed by atoms with Crippen LogP contribution in [0.25, 0.3) is 0 Å². The number of nitrogens with one attached hydrogen (secondary N) is 1. The summed E-state index contributed by atoms with van der Waals surface area (Å²) in [5, 5.41) is 18.8. The molecule has 0 spiro atoms. The van der Waals surface area contributed by atoms with E-state index in [0.29, 0.717) is 30.6 Å². The van der Waals surface area contributed by atoms with E-state index >= 15 is 0 Å². The summed E-state index contributed by atoms with van der Waals surface area (Å²) in [6.45, 7) is 6.91. The van der Waals surface area contributed by atoms with Crippen molar-refractivity contribution in [2.75, 3.05) is 19.7 Å². The zero-order chi connectivity index (χ0) is 15.2. The molecular weight excluding hydrogens is 272 g/mol. The minimum atomic E-state index is -0.397. The van der Waals surface area contributed by atoms with Crippen LogP contribution in [0.4, 0.5) is 5.69 Å². The van der Waals surface area contributed by atoms with E-state index in [1.165, 1.54) is 12.8 Å². The summed E-state index contributed by atoms with van der Waals surface area (Å²) >= 11 is 0. The van der Waals surface area contributed by atoms with Crippen LogP contribution in [0.1, 0.15) is 38.3 Å². The van der Waals surface area contributed by atoms with Crippen LogP contribution in [0.2, 0.25) is 0 Å². The fraction of sp³-hybridized carbons (Fsp3) is 0.786. The lowest BCUT2D eigenvalue weighted by atomic mass is 9.97. The summed E-state index contributed by atoms with van der Waals surface area (Å²) in [5.41, 5.74) is 0.424. The monoisotopic (exact) mass is 296 g/mol. The predicted octanol–water partition coefficient (Wildman–Crippen LogP) is 2.28. The summed E-state index contributed by atoms with van der Waals surface area (Å²) in [5.74, 6) is 0.907. The molecule has 1 atom stereocenters. The van der Waals surface area contributed by atoms with E-state index in [4.69, 9.17) is 4.74 Å². The highest BCUT2D eigenvalue weighted by atomic mass is 16.6. The third-order valence-electron chi connectivity index (χ3n) is 3.83. The zero-order valence-corrected chi connectivity index (χ0v) is 12.8. The van der Waals surface area contributed by atoms with E-state index in [9.17, 15) is 10.1 Å². The Balaban J connectivity index is 2.01. The summed E-state index contributed by atoms with van der Waals surface area (Å²) in [4.78, 5) is 10.8. The smallest absolute Gasteiger partial charge is 0.353 e. The van der Waals surface area contributed by atoms with Crippen LogP contribution in [0.3, 0.4) is 0 Å². The lowest BCUT2D eigenvalue weighted by molar-refractivity contribution is -0.386. The number of aryl methyl sites for hydroxylation is 2. The molecule has 1 aliphatic rings. The van der Waals surface area contributed by atoms with Gasteiger partial charge in [-0.2, -0.15) is 5.10 Å². The first-order valence-corrected chi connectivity index (χ1v) is 7.68. The number of nitro groups is 1. The molecule has 1 aliphatic heterocycles. The Kier molecular flexibility index (Phi) is 5.55. The Hall–Kier alpha value is -1.63. The van der Waals surface area contributed by atoms with Gasteiger partial charge in [0.1, 0.15) is 5.69 Å². The molecule has 1 saturated heterocycles. The number of nitrogens with zero attached hydrogens (tertiary/aromatic N) is 3. The molecular formula is C14H24N4O3. The van der Waals surface area contributed by atoms with Gasteiger partial charge in [-0.1, -0.05) is 6.92 Å². The van der Waals surface area contributed by atoms with E-state index < -0.39 is 4.92 Å². The molecule has 7 heteroatoms. The van der Waals surface area contributed by atoms with E-state index in [2.05, 4.69) is 10.4 Å². The molecule has 118 valence electrons. The second kappa shape index (κ2) is 7.40. The molecule has 0 aromatic carbocycles. The van der Waals surface area contributed by atoms with Crippen molar-refractivity contribution < 1.29 is 9.66 Å².